The molecule has 0 saturated heterocycles. The molecule has 0 spiro atoms. The molecule has 1 N–H and O–H groups in total. The lowest BCUT2D eigenvalue weighted by Crippen LogP contribution is -2.03. The lowest BCUT2D eigenvalue weighted by molar-refractivity contribution is -0.133. The Labute approximate surface area is 123 Å². The van der Waals surface area contributed by atoms with Crippen molar-refractivity contribution < 1.29 is 9.90 Å². The number of aromatic nitrogens is 3. The van der Waals surface area contributed by atoms with Gasteiger partial charge in [0.2, 0.25) is 0 Å². The third kappa shape index (κ3) is 3.81. The number of thioether (sulfide) groups is 1. The summed E-state index contributed by atoms with van der Waals surface area (Å²) in [7, 11) is 1.85. The van der Waals surface area contributed by atoms with Gasteiger partial charge in [0.05, 0.1) is 5.75 Å². The fourth-order valence-electron chi connectivity index (χ4n) is 1.54. The second-order valence-electron chi connectivity index (χ2n) is 3.94. The summed E-state index contributed by atoms with van der Waals surface area (Å²) in [5, 5.41) is 17.4. The molecule has 0 aliphatic heterocycles. The molecule has 1 aromatic heterocycles. The Bertz CT molecular complexity index is 583. The van der Waals surface area contributed by atoms with E-state index in [1.807, 2.05) is 35.9 Å². The maximum absolute atomic E-state index is 10.5. The van der Waals surface area contributed by atoms with Crippen LogP contribution in [0.25, 0.3) is 0 Å². The Hall–Kier alpha value is -1.34. The van der Waals surface area contributed by atoms with Crippen LogP contribution in [0.5, 0.6) is 0 Å². The first-order valence-electron chi connectivity index (χ1n) is 5.53. The molecular formula is C12H12BrN3O2S. The smallest absolute Gasteiger partial charge is 0.313 e. The first-order valence-corrected chi connectivity index (χ1v) is 7.31. The van der Waals surface area contributed by atoms with Gasteiger partial charge in [0, 0.05) is 17.9 Å². The number of carboxylic acid groups (broad SMARTS) is 1. The maximum atomic E-state index is 10.5. The molecule has 2 aromatic rings. The molecular weight excluding hydrogens is 330 g/mol. The summed E-state index contributed by atoms with van der Waals surface area (Å²) in [5.74, 6) is -0.0535. The number of aliphatic carboxylic acids is 1. The van der Waals surface area contributed by atoms with Crippen molar-refractivity contribution in [3.05, 3.63) is 40.1 Å². The fourth-order valence-corrected chi connectivity index (χ4v) is 2.45. The maximum Gasteiger partial charge on any atom is 0.313 e. The predicted octanol–water partition coefficient (Wildman–Crippen LogP) is 2.35. The second-order valence-corrected chi connectivity index (χ2v) is 5.80. The molecule has 1 aromatic carbocycles. The molecule has 0 atom stereocenters. The van der Waals surface area contributed by atoms with Crippen LogP contribution in [0.1, 0.15) is 11.4 Å². The summed E-state index contributed by atoms with van der Waals surface area (Å²) >= 11 is 4.56. The monoisotopic (exact) mass is 341 g/mol. The molecule has 0 aliphatic carbocycles. The van der Waals surface area contributed by atoms with Gasteiger partial charge in [-0.3, -0.25) is 4.79 Å². The van der Waals surface area contributed by atoms with Crippen molar-refractivity contribution in [1.29, 1.82) is 0 Å². The van der Waals surface area contributed by atoms with Crippen LogP contribution in [-0.4, -0.2) is 31.6 Å². The fraction of sp³-hybridized carbons (Fsp3) is 0.250. The SMILES string of the molecule is Cn1c(Cc2ccc(Br)cc2)nnc1SCC(=O)O. The van der Waals surface area contributed by atoms with Gasteiger partial charge in [0.15, 0.2) is 5.16 Å². The zero-order valence-electron chi connectivity index (χ0n) is 10.2. The molecule has 2 rings (SSSR count). The minimum atomic E-state index is -0.859. The van der Waals surface area contributed by atoms with Crippen LogP contribution >= 0.6 is 27.7 Å². The first kappa shape index (κ1) is 14.1. The molecule has 0 saturated carbocycles. The molecule has 5 nitrogen and oxygen atoms in total. The molecule has 100 valence electrons. The van der Waals surface area contributed by atoms with Crippen LogP contribution < -0.4 is 0 Å². The van der Waals surface area contributed by atoms with Crippen molar-refractivity contribution in [2.75, 3.05) is 5.75 Å². The largest absolute Gasteiger partial charge is 0.481 e. The van der Waals surface area contributed by atoms with E-state index in [4.69, 9.17) is 5.11 Å². The third-order valence-corrected chi connectivity index (χ3v) is 4.06. The minimum absolute atomic E-state index is 0.00967. The van der Waals surface area contributed by atoms with E-state index in [0.29, 0.717) is 11.6 Å². The number of nitrogens with zero attached hydrogens (tertiary/aromatic N) is 3. The van der Waals surface area contributed by atoms with E-state index in [-0.39, 0.29) is 5.75 Å². The van der Waals surface area contributed by atoms with E-state index >= 15 is 0 Å². The topological polar surface area (TPSA) is 68.0 Å². The average Bonchev–Trinajstić information content (AvgIpc) is 2.71. The van der Waals surface area contributed by atoms with Crippen LogP contribution in [0.15, 0.2) is 33.9 Å². The van der Waals surface area contributed by atoms with Crippen molar-refractivity contribution in [1.82, 2.24) is 14.8 Å². The lowest BCUT2D eigenvalue weighted by atomic mass is 10.1. The number of benzene rings is 1. The summed E-state index contributed by atoms with van der Waals surface area (Å²) in [5.41, 5.74) is 1.13. The lowest BCUT2D eigenvalue weighted by Gasteiger charge is -2.03. The van der Waals surface area contributed by atoms with Gasteiger partial charge in [-0.05, 0) is 17.7 Å². The summed E-state index contributed by atoms with van der Waals surface area (Å²) in [6, 6.07) is 7.99. The Morgan fingerprint density at radius 1 is 1.37 bits per heavy atom. The van der Waals surface area contributed by atoms with Gasteiger partial charge in [0.25, 0.3) is 0 Å². The van der Waals surface area contributed by atoms with Crippen LogP contribution in [0.2, 0.25) is 0 Å². The van der Waals surface area contributed by atoms with Crippen LogP contribution in [-0.2, 0) is 18.3 Å². The third-order valence-electron chi connectivity index (χ3n) is 2.53. The van der Waals surface area contributed by atoms with Gasteiger partial charge in [-0.1, -0.05) is 39.8 Å². The van der Waals surface area contributed by atoms with Gasteiger partial charge in [-0.25, -0.2) is 0 Å². The van der Waals surface area contributed by atoms with Gasteiger partial charge in [-0.2, -0.15) is 0 Å². The molecule has 0 fully saturated rings. The van der Waals surface area contributed by atoms with Gasteiger partial charge in [-0.15, -0.1) is 10.2 Å². The number of halogens is 1. The minimum Gasteiger partial charge on any atom is -0.481 e. The van der Waals surface area contributed by atoms with Crippen molar-refractivity contribution in [3.63, 3.8) is 0 Å². The summed E-state index contributed by atoms with van der Waals surface area (Å²) < 4.78 is 2.86. The zero-order valence-corrected chi connectivity index (χ0v) is 12.6. The summed E-state index contributed by atoms with van der Waals surface area (Å²) in [4.78, 5) is 10.5. The van der Waals surface area contributed by atoms with Gasteiger partial charge >= 0.3 is 5.97 Å². The molecule has 7 heteroatoms. The molecule has 19 heavy (non-hydrogen) atoms. The number of carbonyl (C=O) groups is 1. The quantitative estimate of drug-likeness (QED) is 0.845. The Kier molecular flexibility index (Phi) is 4.60. The molecule has 0 unspecified atom stereocenters. The molecule has 0 bridgehead atoms. The van der Waals surface area contributed by atoms with E-state index in [1.54, 1.807) is 0 Å². The number of carboxylic acids is 1. The van der Waals surface area contributed by atoms with Crippen molar-refractivity contribution in [2.45, 2.75) is 11.6 Å². The van der Waals surface area contributed by atoms with Gasteiger partial charge < -0.3 is 9.67 Å². The normalized spacial score (nSPS) is 10.6. The molecule has 0 radical (unpaired) electrons. The van der Waals surface area contributed by atoms with Crippen molar-refractivity contribution in [2.24, 2.45) is 7.05 Å². The zero-order chi connectivity index (χ0) is 13.8. The van der Waals surface area contributed by atoms with Crippen LogP contribution in [0, 0.1) is 0 Å². The first-order chi connectivity index (χ1) is 9.06. The highest BCUT2D eigenvalue weighted by Crippen LogP contribution is 2.18. The second kappa shape index (κ2) is 6.21. The van der Waals surface area contributed by atoms with Crippen molar-refractivity contribution >= 4 is 33.7 Å². The highest BCUT2D eigenvalue weighted by atomic mass is 79.9. The number of rotatable bonds is 5. The predicted molar refractivity (Wildman–Crippen MR) is 76.3 cm³/mol. The Morgan fingerprint density at radius 2 is 2.05 bits per heavy atom. The Morgan fingerprint density at radius 3 is 2.68 bits per heavy atom. The number of hydrogen-bond donors (Lipinski definition) is 1. The number of hydrogen-bond acceptors (Lipinski definition) is 4. The molecule has 0 amide bonds. The van der Waals surface area contributed by atoms with Gasteiger partial charge in [0.1, 0.15) is 5.82 Å². The highest BCUT2D eigenvalue weighted by molar-refractivity contribution is 9.10. The van der Waals surface area contributed by atoms with E-state index in [1.165, 1.54) is 11.8 Å². The van der Waals surface area contributed by atoms with E-state index < -0.39 is 5.97 Å². The standard InChI is InChI=1S/C12H12BrN3O2S/c1-16-10(6-8-2-4-9(13)5-3-8)14-15-12(16)19-7-11(17)18/h2-5H,6-7H2,1H3,(H,17,18). The van der Waals surface area contributed by atoms with Crippen LogP contribution in [0.4, 0.5) is 0 Å². The summed E-state index contributed by atoms with van der Waals surface area (Å²) in [6.07, 6.45) is 0.671. The Balaban J connectivity index is 2.09. The molecule has 0 aliphatic rings. The molecule has 1 heterocycles. The highest BCUT2D eigenvalue weighted by Gasteiger charge is 2.11. The van der Waals surface area contributed by atoms with Crippen molar-refractivity contribution in [3.8, 4) is 0 Å². The van der Waals surface area contributed by atoms with Crippen LogP contribution in [0.3, 0.4) is 0 Å². The average molecular weight is 342 g/mol. The summed E-state index contributed by atoms with van der Waals surface area (Å²) in [6.45, 7) is 0. The van der Waals surface area contributed by atoms with E-state index in [9.17, 15) is 4.79 Å². The van der Waals surface area contributed by atoms with E-state index in [2.05, 4.69) is 26.1 Å². The van der Waals surface area contributed by atoms with E-state index in [0.717, 1.165) is 15.9 Å².